The third kappa shape index (κ3) is 6.20. The van der Waals surface area contributed by atoms with Crippen molar-refractivity contribution in [1.29, 1.82) is 0 Å². The highest BCUT2D eigenvalue weighted by molar-refractivity contribution is 8.27. The van der Waals surface area contributed by atoms with E-state index in [4.69, 9.17) is 16.8 Å². The molecule has 1 fully saturated rings. The smallest absolute Gasteiger partial charge is 0.269 e. The van der Waals surface area contributed by atoms with Gasteiger partial charge in [-0.2, -0.15) is 8.42 Å². The number of rotatable bonds is 6. The summed E-state index contributed by atoms with van der Waals surface area (Å²) < 4.78 is 31.5. The summed E-state index contributed by atoms with van der Waals surface area (Å²) in [4.78, 5) is 21.5. The molecule has 0 saturated carbocycles. The second-order valence-corrected chi connectivity index (χ2v) is 10.8. The number of carbonyl (C=O) groups excluding carboxylic acids is 1. The Bertz CT molecular complexity index is 1110. The molecule has 1 aromatic carbocycles. The maximum atomic E-state index is 12.8. The highest BCUT2D eigenvalue weighted by atomic mass is 32.2. The van der Waals surface area contributed by atoms with Crippen LogP contribution in [0.15, 0.2) is 82.3 Å². The zero-order chi connectivity index (χ0) is 23.1. The molecule has 1 aromatic heterocycles. The van der Waals surface area contributed by atoms with E-state index in [2.05, 4.69) is 11.6 Å². The minimum atomic E-state index is -4.03. The van der Waals surface area contributed by atoms with E-state index in [1.807, 2.05) is 47.4 Å². The van der Waals surface area contributed by atoms with E-state index >= 15 is 0 Å². The molecule has 0 spiro atoms. The average Bonchev–Trinajstić information content (AvgIpc) is 3.27. The Hall–Kier alpha value is -2.18. The Morgan fingerprint density at radius 2 is 1.81 bits per heavy atom. The van der Waals surface area contributed by atoms with Gasteiger partial charge in [0.2, 0.25) is 0 Å². The summed E-state index contributed by atoms with van der Waals surface area (Å²) in [5.74, 6) is -0.504. The quantitative estimate of drug-likeness (QED) is 0.268. The highest BCUT2D eigenvalue weighted by Crippen LogP contribution is 2.50. The number of benzene rings is 1. The first-order chi connectivity index (χ1) is 15.3. The van der Waals surface area contributed by atoms with Crippen LogP contribution in [-0.4, -0.2) is 51.9 Å². The minimum absolute atomic E-state index is 0.171. The Morgan fingerprint density at radius 1 is 1.09 bits per heavy atom. The van der Waals surface area contributed by atoms with E-state index in [9.17, 15) is 13.2 Å². The lowest BCUT2D eigenvalue weighted by molar-refractivity contribution is -0.121. The molecule has 32 heavy (non-hydrogen) atoms. The van der Waals surface area contributed by atoms with Crippen molar-refractivity contribution < 1.29 is 17.8 Å². The zero-order valence-corrected chi connectivity index (χ0v) is 20.2. The third-order valence-electron chi connectivity index (χ3n) is 4.31. The van der Waals surface area contributed by atoms with Gasteiger partial charge in [-0.15, -0.1) is 6.58 Å². The van der Waals surface area contributed by atoms with Crippen molar-refractivity contribution in [2.45, 2.75) is 11.3 Å². The number of nitrogens with zero attached hydrogens (tertiary/aromatic N) is 3. The van der Waals surface area contributed by atoms with Crippen LogP contribution < -0.4 is 4.90 Å². The Balaban J connectivity index is 0.000000416. The number of hydrogen-bond donors (Lipinski definition) is 1. The molecule has 11 heteroatoms. The van der Waals surface area contributed by atoms with Gasteiger partial charge in [-0.25, -0.2) is 0 Å². The predicted molar refractivity (Wildman–Crippen MR) is 134 cm³/mol. The highest BCUT2D eigenvalue weighted by Gasteiger charge is 2.38. The van der Waals surface area contributed by atoms with Crippen molar-refractivity contribution in [3.8, 4) is 0 Å². The Labute approximate surface area is 201 Å². The van der Waals surface area contributed by atoms with Crippen molar-refractivity contribution in [3.05, 3.63) is 77.4 Å². The van der Waals surface area contributed by atoms with E-state index in [0.29, 0.717) is 22.3 Å². The van der Waals surface area contributed by atoms with Crippen molar-refractivity contribution in [2.24, 2.45) is 0 Å². The summed E-state index contributed by atoms with van der Waals surface area (Å²) in [6.07, 6.45) is 5.36. The fourth-order valence-electron chi connectivity index (χ4n) is 2.96. The number of carbonyl (C=O) groups is 1. The first-order valence-electron chi connectivity index (χ1n) is 9.55. The standard InChI is InChI=1S/C16H16N2O4S4.C5H5N/c1-2-8-18-14(19)13(25-16(18)23)15-17(9-5-10-26(20,21)22)11-6-3-4-7-12(11)24-15;1-2-4-6-5-3-1/h2-4,6-7H,1,5,8-10H2,(H,20,21,22);1-5H/b15-13-;. The largest absolute Gasteiger partial charge is 0.334 e. The maximum Gasteiger partial charge on any atom is 0.269 e. The van der Waals surface area contributed by atoms with Crippen LogP contribution in [0.4, 0.5) is 5.69 Å². The first-order valence-corrected chi connectivity index (χ1v) is 13.2. The molecule has 0 aliphatic carbocycles. The van der Waals surface area contributed by atoms with Gasteiger partial charge in [-0.05, 0) is 30.7 Å². The van der Waals surface area contributed by atoms with E-state index in [1.54, 1.807) is 18.5 Å². The molecular weight excluding hydrogens is 487 g/mol. The average molecular weight is 508 g/mol. The van der Waals surface area contributed by atoms with Crippen LogP contribution in [0.25, 0.3) is 0 Å². The predicted octanol–water partition coefficient (Wildman–Crippen LogP) is 4.17. The van der Waals surface area contributed by atoms with Crippen LogP contribution in [0.2, 0.25) is 0 Å². The van der Waals surface area contributed by atoms with Gasteiger partial charge >= 0.3 is 0 Å². The first kappa shape index (κ1) is 24.5. The van der Waals surface area contributed by atoms with E-state index < -0.39 is 10.1 Å². The SMILES string of the molecule is C=CCN1C(=O)/C(=C2/Sc3ccccc3N2CCCS(=O)(=O)O)SC1=S.c1ccncc1. The Kier molecular flexibility index (Phi) is 8.49. The molecule has 168 valence electrons. The van der Waals surface area contributed by atoms with Crippen LogP contribution in [0.5, 0.6) is 0 Å². The van der Waals surface area contributed by atoms with Gasteiger partial charge in [0.1, 0.15) is 14.3 Å². The van der Waals surface area contributed by atoms with Crippen LogP contribution in [0.3, 0.4) is 0 Å². The Morgan fingerprint density at radius 3 is 2.41 bits per heavy atom. The van der Waals surface area contributed by atoms with Crippen LogP contribution in [0.1, 0.15) is 6.42 Å². The monoisotopic (exact) mass is 507 g/mol. The summed E-state index contributed by atoms with van der Waals surface area (Å²) in [6, 6.07) is 13.4. The third-order valence-corrected chi connectivity index (χ3v) is 7.87. The number of pyridine rings is 1. The molecular formula is C21H21N3O4S4. The second-order valence-electron chi connectivity index (χ2n) is 6.59. The summed E-state index contributed by atoms with van der Waals surface area (Å²) in [5.41, 5.74) is 0.914. The van der Waals surface area contributed by atoms with Gasteiger partial charge in [0.15, 0.2) is 0 Å². The fraction of sp³-hybridized carbons (Fsp3) is 0.190. The molecule has 0 atom stereocenters. The lowest BCUT2D eigenvalue weighted by Gasteiger charge is -2.21. The molecule has 4 rings (SSSR count). The van der Waals surface area contributed by atoms with Gasteiger partial charge in [0.05, 0.1) is 11.4 Å². The van der Waals surface area contributed by atoms with E-state index in [0.717, 1.165) is 15.6 Å². The molecule has 0 bridgehead atoms. The van der Waals surface area contributed by atoms with Gasteiger partial charge in [0, 0.05) is 30.4 Å². The number of para-hydroxylation sites is 1. The van der Waals surface area contributed by atoms with Gasteiger partial charge in [-0.3, -0.25) is 19.2 Å². The normalized spacial score (nSPS) is 17.8. The fourth-order valence-corrected chi connectivity index (χ4v) is 6.06. The number of thiocarbonyl (C=S) groups is 1. The molecule has 2 aliphatic rings. The van der Waals surface area contributed by atoms with Crippen molar-refractivity contribution in [1.82, 2.24) is 9.88 Å². The van der Waals surface area contributed by atoms with E-state index in [-0.39, 0.29) is 18.1 Å². The number of fused-ring (bicyclic) bond motifs is 1. The molecule has 2 aliphatic heterocycles. The minimum Gasteiger partial charge on any atom is -0.334 e. The lowest BCUT2D eigenvalue weighted by Crippen LogP contribution is -2.29. The van der Waals surface area contributed by atoms with Crippen LogP contribution in [0, 0.1) is 0 Å². The summed E-state index contributed by atoms with van der Waals surface area (Å²) >= 11 is 8.01. The summed E-state index contributed by atoms with van der Waals surface area (Å²) in [7, 11) is -4.03. The van der Waals surface area contributed by atoms with Crippen molar-refractivity contribution in [2.75, 3.05) is 23.7 Å². The molecule has 1 amide bonds. The molecule has 1 saturated heterocycles. The number of amides is 1. The second kappa shape index (κ2) is 11.1. The number of anilines is 1. The van der Waals surface area contributed by atoms with Gasteiger partial charge in [0.25, 0.3) is 16.0 Å². The maximum absolute atomic E-state index is 12.8. The van der Waals surface area contributed by atoms with Crippen LogP contribution >= 0.6 is 35.7 Å². The van der Waals surface area contributed by atoms with E-state index in [1.165, 1.54) is 28.4 Å². The lowest BCUT2D eigenvalue weighted by atomic mass is 10.3. The number of aromatic nitrogens is 1. The molecule has 0 radical (unpaired) electrons. The molecule has 2 aromatic rings. The van der Waals surface area contributed by atoms with Gasteiger partial charge in [-0.1, -0.05) is 60.0 Å². The van der Waals surface area contributed by atoms with Gasteiger partial charge < -0.3 is 4.90 Å². The molecule has 0 unspecified atom stereocenters. The van der Waals surface area contributed by atoms with Crippen molar-refractivity contribution in [3.63, 3.8) is 0 Å². The van der Waals surface area contributed by atoms with Crippen LogP contribution in [-0.2, 0) is 14.9 Å². The summed E-state index contributed by atoms with van der Waals surface area (Å²) in [5, 5.41) is 0.741. The molecule has 7 nitrogen and oxygen atoms in total. The molecule has 1 N–H and O–H groups in total. The number of hydrogen-bond acceptors (Lipinski definition) is 8. The molecule has 3 heterocycles. The van der Waals surface area contributed by atoms with Crippen molar-refractivity contribution >= 4 is 61.8 Å². The summed E-state index contributed by atoms with van der Waals surface area (Å²) in [6.45, 7) is 4.37. The number of thioether (sulfide) groups is 2. The topological polar surface area (TPSA) is 90.8 Å². The zero-order valence-electron chi connectivity index (χ0n) is 17.0.